The Morgan fingerprint density at radius 3 is 2.74 bits per heavy atom. The number of nitrogens with zero attached hydrogens (tertiary/aromatic N) is 1. The molecule has 3 heterocycles. The van der Waals surface area contributed by atoms with Crippen LogP contribution in [0.2, 0.25) is 0 Å². The lowest BCUT2D eigenvalue weighted by Crippen LogP contribution is -2.28. The zero-order valence-corrected chi connectivity index (χ0v) is 18.7. The minimum atomic E-state index is -0.517. The second-order valence-corrected chi connectivity index (χ2v) is 9.47. The highest BCUT2D eigenvalue weighted by Gasteiger charge is 2.22. The van der Waals surface area contributed by atoms with Gasteiger partial charge in [0.1, 0.15) is 4.88 Å². The summed E-state index contributed by atoms with van der Waals surface area (Å²) >= 11 is 2.77. The van der Waals surface area contributed by atoms with Gasteiger partial charge in [0.15, 0.2) is 0 Å². The molecule has 4 N–H and O–H groups in total. The monoisotopic (exact) mass is 456 g/mol. The average molecular weight is 457 g/mol. The maximum atomic E-state index is 12.7. The van der Waals surface area contributed by atoms with Crippen LogP contribution < -0.4 is 16.1 Å². The van der Waals surface area contributed by atoms with Crippen molar-refractivity contribution >= 4 is 34.5 Å². The summed E-state index contributed by atoms with van der Waals surface area (Å²) < 4.78 is 0. The molecule has 1 aliphatic rings. The molecule has 9 heteroatoms. The maximum absolute atomic E-state index is 12.7. The third-order valence-corrected chi connectivity index (χ3v) is 7.58. The Morgan fingerprint density at radius 1 is 1.23 bits per heavy atom. The number of hydrogen-bond acceptors (Lipinski definition) is 7. The fourth-order valence-electron chi connectivity index (χ4n) is 3.60. The van der Waals surface area contributed by atoms with E-state index in [0.717, 1.165) is 53.3 Å². The second kappa shape index (κ2) is 9.69. The predicted molar refractivity (Wildman–Crippen MR) is 122 cm³/mol. The Kier molecular flexibility index (Phi) is 6.77. The summed E-state index contributed by atoms with van der Waals surface area (Å²) in [7, 11) is 0. The van der Waals surface area contributed by atoms with E-state index in [-0.39, 0.29) is 5.91 Å². The number of aromatic nitrogens is 1. The number of amides is 2. The standard InChI is InChI=1S/C22H24N4O3S2/c1-13-19(31-22(25-13)16-3-2-8-23-11-16)21(28)24-10-14-4-6-15(7-5-14)17-9-18(30-12-17)20(27)26-29/h4-7,9,12,16,23,29H,2-3,8,10-11H2,1H3,(H,24,28)(H,26,27). The Labute approximate surface area is 188 Å². The molecule has 1 unspecified atom stereocenters. The number of benzene rings is 1. The molecular formula is C22H24N4O3S2. The molecule has 2 aromatic heterocycles. The van der Waals surface area contributed by atoms with Gasteiger partial charge in [-0.1, -0.05) is 24.3 Å². The molecule has 2 amide bonds. The van der Waals surface area contributed by atoms with Crippen LogP contribution in [0.3, 0.4) is 0 Å². The van der Waals surface area contributed by atoms with Gasteiger partial charge >= 0.3 is 0 Å². The Hall–Kier alpha value is -2.59. The summed E-state index contributed by atoms with van der Waals surface area (Å²) in [6.07, 6.45) is 2.26. The molecule has 3 aromatic rings. The molecule has 1 aromatic carbocycles. The summed E-state index contributed by atoms with van der Waals surface area (Å²) in [6.45, 7) is 4.31. The highest BCUT2D eigenvalue weighted by molar-refractivity contribution is 7.14. The molecule has 7 nitrogen and oxygen atoms in total. The van der Waals surface area contributed by atoms with Crippen LogP contribution >= 0.6 is 22.7 Å². The molecule has 0 radical (unpaired) electrons. The SMILES string of the molecule is Cc1nc(C2CCCNC2)sc1C(=O)NCc1ccc(-c2csc(C(=O)NO)c2)cc1. The number of thiophene rings is 1. The first-order chi connectivity index (χ1) is 15.0. The quantitative estimate of drug-likeness (QED) is 0.335. The van der Waals surface area contributed by atoms with E-state index < -0.39 is 5.91 Å². The molecule has 1 fully saturated rings. The summed E-state index contributed by atoms with van der Waals surface area (Å²) in [6, 6.07) is 9.56. The van der Waals surface area contributed by atoms with Crippen molar-refractivity contribution in [1.82, 2.24) is 21.1 Å². The third kappa shape index (κ3) is 5.01. The summed E-state index contributed by atoms with van der Waals surface area (Å²) in [5.41, 5.74) is 5.29. The number of rotatable bonds is 6. The van der Waals surface area contributed by atoms with E-state index in [0.29, 0.717) is 22.2 Å². The predicted octanol–water partition coefficient (Wildman–Crippen LogP) is 3.70. The van der Waals surface area contributed by atoms with Crippen LogP contribution in [0.25, 0.3) is 11.1 Å². The van der Waals surface area contributed by atoms with Gasteiger partial charge in [-0.15, -0.1) is 22.7 Å². The highest BCUT2D eigenvalue weighted by atomic mass is 32.1. The van der Waals surface area contributed by atoms with Crippen molar-refractivity contribution in [1.29, 1.82) is 0 Å². The van der Waals surface area contributed by atoms with E-state index in [4.69, 9.17) is 5.21 Å². The number of carbonyl (C=O) groups is 2. The number of hydroxylamine groups is 1. The molecule has 162 valence electrons. The van der Waals surface area contributed by atoms with Gasteiger partial charge in [0.25, 0.3) is 11.8 Å². The van der Waals surface area contributed by atoms with Gasteiger partial charge in [0.05, 0.1) is 15.6 Å². The van der Waals surface area contributed by atoms with Crippen molar-refractivity contribution < 1.29 is 14.8 Å². The van der Waals surface area contributed by atoms with Crippen molar-refractivity contribution in [3.05, 3.63) is 61.7 Å². The van der Waals surface area contributed by atoms with Gasteiger partial charge in [0.2, 0.25) is 0 Å². The van der Waals surface area contributed by atoms with Crippen LogP contribution in [0.4, 0.5) is 0 Å². The first-order valence-corrected chi connectivity index (χ1v) is 11.8. The van der Waals surface area contributed by atoms with Gasteiger partial charge in [-0.3, -0.25) is 14.8 Å². The fourth-order valence-corrected chi connectivity index (χ4v) is 5.53. The van der Waals surface area contributed by atoms with Gasteiger partial charge < -0.3 is 10.6 Å². The van der Waals surface area contributed by atoms with Crippen LogP contribution in [0, 0.1) is 6.92 Å². The van der Waals surface area contributed by atoms with Gasteiger partial charge in [0, 0.05) is 19.0 Å². The van der Waals surface area contributed by atoms with Crippen LogP contribution in [-0.4, -0.2) is 35.1 Å². The van der Waals surface area contributed by atoms with Crippen LogP contribution in [0.5, 0.6) is 0 Å². The van der Waals surface area contributed by atoms with E-state index in [1.807, 2.05) is 36.6 Å². The topological polar surface area (TPSA) is 103 Å². The lowest BCUT2D eigenvalue weighted by molar-refractivity contribution is 0.0711. The van der Waals surface area contributed by atoms with E-state index in [9.17, 15) is 9.59 Å². The number of nitrogens with one attached hydrogen (secondary N) is 3. The van der Waals surface area contributed by atoms with Crippen LogP contribution in [0.1, 0.15) is 54.4 Å². The normalized spacial score (nSPS) is 16.1. The molecule has 1 atom stereocenters. The molecule has 0 spiro atoms. The zero-order chi connectivity index (χ0) is 21.8. The molecule has 1 aliphatic heterocycles. The number of aryl methyl sites for hydroxylation is 1. The zero-order valence-electron chi connectivity index (χ0n) is 17.1. The van der Waals surface area contributed by atoms with Crippen molar-refractivity contribution in [3.63, 3.8) is 0 Å². The number of carbonyl (C=O) groups excluding carboxylic acids is 2. The van der Waals surface area contributed by atoms with E-state index >= 15 is 0 Å². The Morgan fingerprint density at radius 2 is 2.03 bits per heavy atom. The van der Waals surface area contributed by atoms with E-state index in [1.165, 1.54) is 22.7 Å². The van der Waals surface area contributed by atoms with Crippen LogP contribution in [-0.2, 0) is 6.54 Å². The minimum Gasteiger partial charge on any atom is -0.347 e. The van der Waals surface area contributed by atoms with Crippen LogP contribution in [0.15, 0.2) is 35.7 Å². The minimum absolute atomic E-state index is 0.0911. The van der Waals surface area contributed by atoms with Gasteiger partial charge in [-0.2, -0.15) is 0 Å². The summed E-state index contributed by atoms with van der Waals surface area (Å²) in [5.74, 6) is -0.212. The smallest absolute Gasteiger partial charge is 0.284 e. The highest BCUT2D eigenvalue weighted by Crippen LogP contribution is 2.29. The van der Waals surface area contributed by atoms with Crippen molar-refractivity contribution in [2.24, 2.45) is 0 Å². The summed E-state index contributed by atoms with van der Waals surface area (Å²) in [5, 5.41) is 18.1. The maximum Gasteiger partial charge on any atom is 0.284 e. The van der Waals surface area contributed by atoms with Crippen molar-refractivity contribution in [2.45, 2.75) is 32.2 Å². The molecule has 0 aliphatic carbocycles. The third-order valence-electron chi connectivity index (χ3n) is 5.33. The number of piperidine rings is 1. The molecule has 1 saturated heterocycles. The average Bonchev–Trinajstić information content (AvgIpc) is 3.45. The van der Waals surface area contributed by atoms with Gasteiger partial charge in [-0.25, -0.2) is 10.5 Å². The molecule has 4 rings (SSSR count). The molecule has 0 bridgehead atoms. The van der Waals surface area contributed by atoms with Crippen molar-refractivity contribution in [3.8, 4) is 11.1 Å². The van der Waals surface area contributed by atoms with Gasteiger partial charge in [-0.05, 0) is 54.4 Å². The number of hydrogen-bond donors (Lipinski definition) is 4. The second-order valence-electron chi connectivity index (χ2n) is 7.53. The van der Waals surface area contributed by atoms with E-state index in [1.54, 1.807) is 11.5 Å². The first kappa shape index (κ1) is 21.6. The lowest BCUT2D eigenvalue weighted by Gasteiger charge is -2.20. The molecular weight excluding hydrogens is 432 g/mol. The lowest BCUT2D eigenvalue weighted by atomic mass is 10.0. The number of thiazole rings is 1. The van der Waals surface area contributed by atoms with E-state index in [2.05, 4.69) is 15.6 Å². The first-order valence-electron chi connectivity index (χ1n) is 10.1. The largest absolute Gasteiger partial charge is 0.347 e. The Bertz CT molecular complexity index is 1070. The summed E-state index contributed by atoms with van der Waals surface area (Å²) in [4.78, 5) is 30.0. The molecule has 31 heavy (non-hydrogen) atoms. The molecule has 0 saturated carbocycles. The Balaban J connectivity index is 1.37. The fraction of sp³-hybridized carbons (Fsp3) is 0.318. The van der Waals surface area contributed by atoms with Crippen molar-refractivity contribution in [2.75, 3.05) is 13.1 Å².